The molecule has 2 rings (SSSR count). The van der Waals surface area contributed by atoms with Crippen LogP contribution < -0.4 is 9.64 Å². The summed E-state index contributed by atoms with van der Waals surface area (Å²) in [5.41, 5.74) is -0.526. The van der Waals surface area contributed by atoms with Crippen LogP contribution in [0.4, 0.5) is 23.2 Å². The van der Waals surface area contributed by atoms with Gasteiger partial charge in [-0.05, 0) is 6.07 Å². The first kappa shape index (κ1) is 18.1. The molecule has 2 amide bonds. The molecule has 0 aliphatic carbocycles. The second-order valence-electron chi connectivity index (χ2n) is 5.00. The molecule has 1 aliphatic rings. The molecular weight excluding hydrogens is 354 g/mol. The summed E-state index contributed by atoms with van der Waals surface area (Å²) in [6, 6.07) is 1.75. The van der Waals surface area contributed by atoms with Gasteiger partial charge in [0, 0.05) is 18.9 Å². The number of hydrogen-bond acceptors (Lipinski definition) is 3. The van der Waals surface area contributed by atoms with Crippen LogP contribution in [0.25, 0.3) is 0 Å². The molecule has 0 unspecified atom stereocenters. The van der Waals surface area contributed by atoms with Crippen LogP contribution in [-0.4, -0.2) is 24.6 Å². The first-order valence-electron chi connectivity index (χ1n) is 6.63. The number of amides is 2. The SMILES string of the molecule is C#CCOc1cc(N2C(=O)CC(C(F)(F)F)CC2=O)c(F)cc1Cl. The Kier molecular flexibility index (Phi) is 5.04. The van der Waals surface area contributed by atoms with Gasteiger partial charge >= 0.3 is 6.18 Å². The molecule has 1 aromatic carbocycles. The van der Waals surface area contributed by atoms with E-state index >= 15 is 0 Å². The fraction of sp³-hybridized carbons (Fsp3) is 0.333. The second kappa shape index (κ2) is 6.69. The number of rotatable bonds is 3. The molecule has 1 fully saturated rings. The van der Waals surface area contributed by atoms with Crippen LogP contribution >= 0.6 is 11.6 Å². The fourth-order valence-corrected chi connectivity index (χ4v) is 2.44. The van der Waals surface area contributed by atoms with E-state index in [4.69, 9.17) is 22.8 Å². The van der Waals surface area contributed by atoms with Gasteiger partial charge in [-0.25, -0.2) is 9.29 Å². The van der Waals surface area contributed by atoms with Crippen LogP contribution in [0, 0.1) is 24.1 Å². The first-order valence-corrected chi connectivity index (χ1v) is 7.00. The third kappa shape index (κ3) is 3.62. The highest BCUT2D eigenvalue weighted by atomic mass is 35.5. The number of alkyl halides is 3. The monoisotopic (exact) mass is 363 g/mol. The minimum absolute atomic E-state index is 0.0930. The largest absolute Gasteiger partial charge is 0.479 e. The van der Waals surface area contributed by atoms with Crippen molar-refractivity contribution >= 4 is 29.1 Å². The average Bonchev–Trinajstić information content (AvgIpc) is 2.46. The molecule has 24 heavy (non-hydrogen) atoms. The molecular formula is C15H10ClF4NO3. The lowest BCUT2D eigenvalue weighted by molar-refractivity contribution is -0.185. The average molecular weight is 364 g/mol. The van der Waals surface area contributed by atoms with E-state index in [1.807, 2.05) is 0 Å². The fourth-order valence-electron chi connectivity index (χ4n) is 2.24. The van der Waals surface area contributed by atoms with Crippen molar-refractivity contribution < 1.29 is 31.9 Å². The topological polar surface area (TPSA) is 46.6 Å². The third-order valence-corrected chi connectivity index (χ3v) is 3.65. The maximum Gasteiger partial charge on any atom is 0.392 e. The molecule has 1 heterocycles. The number of hydrogen-bond donors (Lipinski definition) is 0. The van der Waals surface area contributed by atoms with Crippen LogP contribution in [0.15, 0.2) is 12.1 Å². The number of ether oxygens (including phenoxy) is 1. The Morgan fingerprint density at radius 1 is 1.29 bits per heavy atom. The first-order chi connectivity index (χ1) is 11.1. The van der Waals surface area contributed by atoms with E-state index in [0.717, 1.165) is 12.1 Å². The van der Waals surface area contributed by atoms with Crippen LogP contribution in [0.3, 0.4) is 0 Å². The number of nitrogens with zero attached hydrogens (tertiary/aromatic N) is 1. The van der Waals surface area contributed by atoms with Gasteiger partial charge in [-0.15, -0.1) is 6.42 Å². The van der Waals surface area contributed by atoms with E-state index < -0.39 is 48.3 Å². The van der Waals surface area contributed by atoms with Gasteiger partial charge in [-0.2, -0.15) is 13.2 Å². The van der Waals surface area contributed by atoms with Gasteiger partial charge in [0.1, 0.15) is 18.2 Å². The Balaban J connectivity index is 2.36. The Bertz CT molecular complexity index is 709. The molecule has 0 spiro atoms. The summed E-state index contributed by atoms with van der Waals surface area (Å²) >= 11 is 5.76. The zero-order valence-corrected chi connectivity index (χ0v) is 12.7. The number of anilines is 1. The van der Waals surface area contributed by atoms with Gasteiger partial charge in [-0.3, -0.25) is 9.59 Å². The Morgan fingerprint density at radius 2 is 1.88 bits per heavy atom. The predicted molar refractivity (Wildman–Crippen MR) is 77.0 cm³/mol. The lowest BCUT2D eigenvalue weighted by Gasteiger charge is -2.31. The Labute approximate surface area is 139 Å². The van der Waals surface area contributed by atoms with E-state index in [1.54, 1.807) is 0 Å². The summed E-state index contributed by atoms with van der Waals surface area (Å²) in [5, 5.41) is -0.156. The molecule has 0 N–H and O–H groups in total. The van der Waals surface area contributed by atoms with Crippen molar-refractivity contribution in [3.05, 3.63) is 23.0 Å². The van der Waals surface area contributed by atoms with E-state index in [-0.39, 0.29) is 17.4 Å². The van der Waals surface area contributed by atoms with Crippen molar-refractivity contribution in [2.24, 2.45) is 5.92 Å². The summed E-state index contributed by atoms with van der Waals surface area (Å²) in [7, 11) is 0. The van der Waals surface area contributed by atoms with Crippen molar-refractivity contribution in [2.75, 3.05) is 11.5 Å². The molecule has 0 aromatic heterocycles. The normalized spacial score (nSPS) is 16.2. The predicted octanol–water partition coefficient (Wildman–Crippen LogP) is 3.32. The standard InChI is InChI=1S/C15H10ClF4NO3/c1-2-3-24-12-7-11(10(17)6-9(12)16)21-13(22)4-8(5-14(21)23)15(18,19)20/h1,6-8H,3-5H2. The van der Waals surface area contributed by atoms with Gasteiger partial charge < -0.3 is 4.74 Å². The lowest BCUT2D eigenvalue weighted by atomic mass is 9.94. The quantitative estimate of drug-likeness (QED) is 0.470. The summed E-state index contributed by atoms with van der Waals surface area (Å²) in [6.45, 7) is -0.206. The molecule has 0 atom stereocenters. The van der Waals surface area contributed by atoms with Crippen LogP contribution in [-0.2, 0) is 9.59 Å². The number of halogens is 5. The van der Waals surface area contributed by atoms with E-state index in [2.05, 4.69) is 5.92 Å². The van der Waals surface area contributed by atoms with Crippen molar-refractivity contribution in [3.63, 3.8) is 0 Å². The van der Waals surface area contributed by atoms with Gasteiger partial charge in [0.25, 0.3) is 0 Å². The number of imide groups is 1. The van der Waals surface area contributed by atoms with Crippen molar-refractivity contribution in [3.8, 4) is 18.1 Å². The maximum absolute atomic E-state index is 14.1. The van der Waals surface area contributed by atoms with Crippen LogP contribution in [0.2, 0.25) is 5.02 Å². The summed E-state index contributed by atoms with van der Waals surface area (Å²) in [6.07, 6.45) is -1.56. The number of piperidine rings is 1. The highest BCUT2D eigenvalue weighted by molar-refractivity contribution is 6.32. The van der Waals surface area contributed by atoms with Gasteiger partial charge in [0.2, 0.25) is 11.8 Å². The molecule has 1 aromatic rings. The number of carbonyl (C=O) groups is 2. The highest BCUT2D eigenvalue weighted by Gasteiger charge is 2.48. The van der Waals surface area contributed by atoms with Gasteiger partial charge in [0.15, 0.2) is 0 Å². The number of benzene rings is 1. The zero-order chi connectivity index (χ0) is 18.1. The minimum atomic E-state index is -4.68. The van der Waals surface area contributed by atoms with Crippen molar-refractivity contribution in [1.82, 2.24) is 0 Å². The minimum Gasteiger partial charge on any atom is -0.479 e. The Hall–Kier alpha value is -2.27. The van der Waals surface area contributed by atoms with Gasteiger partial charge in [-0.1, -0.05) is 17.5 Å². The summed E-state index contributed by atoms with van der Waals surface area (Å²) in [4.78, 5) is 24.3. The van der Waals surface area contributed by atoms with Crippen LogP contribution in [0.5, 0.6) is 5.75 Å². The van der Waals surface area contributed by atoms with Crippen LogP contribution in [0.1, 0.15) is 12.8 Å². The molecule has 1 saturated heterocycles. The molecule has 0 saturated carbocycles. The van der Waals surface area contributed by atoms with E-state index in [1.165, 1.54) is 0 Å². The summed E-state index contributed by atoms with van der Waals surface area (Å²) < 4.78 is 57.2. The lowest BCUT2D eigenvalue weighted by Crippen LogP contribution is -2.47. The third-order valence-electron chi connectivity index (χ3n) is 3.36. The maximum atomic E-state index is 14.1. The van der Waals surface area contributed by atoms with E-state index in [9.17, 15) is 27.2 Å². The molecule has 9 heteroatoms. The summed E-state index contributed by atoms with van der Waals surface area (Å²) in [5.74, 6) is -3.38. The highest BCUT2D eigenvalue weighted by Crippen LogP contribution is 2.39. The molecule has 4 nitrogen and oxygen atoms in total. The second-order valence-corrected chi connectivity index (χ2v) is 5.40. The van der Waals surface area contributed by atoms with Crippen molar-refractivity contribution in [1.29, 1.82) is 0 Å². The molecule has 0 bridgehead atoms. The zero-order valence-electron chi connectivity index (χ0n) is 12.0. The number of carbonyl (C=O) groups excluding carboxylic acids is 2. The van der Waals surface area contributed by atoms with Crippen molar-refractivity contribution in [2.45, 2.75) is 19.0 Å². The van der Waals surface area contributed by atoms with E-state index in [0.29, 0.717) is 4.90 Å². The van der Waals surface area contributed by atoms with Gasteiger partial charge in [0.05, 0.1) is 16.6 Å². The molecule has 0 radical (unpaired) electrons. The number of terminal acetylenes is 1. The smallest absolute Gasteiger partial charge is 0.392 e. The Morgan fingerprint density at radius 3 is 2.38 bits per heavy atom. The molecule has 128 valence electrons. The molecule has 1 aliphatic heterocycles.